The minimum Gasteiger partial charge on any atom is -0.309 e. The Morgan fingerprint density at radius 2 is 2.09 bits per heavy atom. The lowest BCUT2D eigenvalue weighted by Crippen LogP contribution is -2.37. The molecule has 1 aliphatic rings. The van der Waals surface area contributed by atoms with Gasteiger partial charge < -0.3 is 9.47 Å². The number of thioether (sulfide) groups is 1. The molecule has 1 unspecified atom stereocenters. The van der Waals surface area contributed by atoms with Gasteiger partial charge in [-0.3, -0.25) is 4.79 Å². The molecule has 0 aliphatic carbocycles. The Balaban J connectivity index is 1.71. The van der Waals surface area contributed by atoms with Crippen LogP contribution in [0.1, 0.15) is 38.1 Å². The van der Waals surface area contributed by atoms with Crippen LogP contribution in [0.2, 0.25) is 0 Å². The number of benzene rings is 1. The number of fused-ring (bicyclic) bond motifs is 1. The van der Waals surface area contributed by atoms with Crippen LogP contribution in [-0.2, 0) is 18.3 Å². The maximum Gasteiger partial charge on any atom is 0.237 e. The molecule has 122 valence electrons. The first-order chi connectivity index (χ1) is 11.0. The number of carbonyl (C=O) groups is 1. The topological polar surface area (TPSA) is 51.0 Å². The van der Waals surface area contributed by atoms with Gasteiger partial charge >= 0.3 is 0 Å². The van der Waals surface area contributed by atoms with Crippen LogP contribution < -0.4 is 4.90 Å². The van der Waals surface area contributed by atoms with E-state index in [0.29, 0.717) is 11.7 Å². The Labute approximate surface area is 141 Å². The van der Waals surface area contributed by atoms with Crippen molar-refractivity contribution >= 4 is 23.4 Å². The maximum absolute atomic E-state index is 12.7. The molecule has 1 amide bonds. The van der Waals surface area contributed by atoms with Crippen LogP contribution in [0.25, 0.3) is 0 Å². The van der Waals surface area contributed by atoms with Gasteiger partial charge in [0.25, 0.3) is 0 Å². The van der Waals surface area contributed by atoms with Crippen LogP contribution in [-0.4, -0.2) is 32.5 Å². The molecule has 1 aromatic carbocycles. The predicted octanol–water partition coefficient (Wildman–Crippen LogP) is 3.01. The van der Waals surface area contributed by atoms with E-state index in [0.717, 1.165) is 23.1 Å². The second kappa shape index (κ2) is 6.35. The number of aromatic nitrogens is 3. The highest BCUT2D eigenvalue weighted by molar-refractivity contribution is 7.99. The van der Waals surface area contributed by atoms with Gasteiger partial charge in [0.2, 0.25) is 5.91 Å². The van der Waals surface area contributed by atoms with Gasteiger partial charge in [-0.15, -0.1) is 10.2 Å². The fraction of sp³-hybridized carbons (Fsp3) is 0.471. The third-order valence-corrected chi connectivity index (χ3v) is 5.19. The van der Waals surface area contributed by atoms with Crippen molar-refractivity contribution in [1.29, 1.82) is 0 Å². The first-order valence-electron chi connectivity index (χ1n) is 7.91. The summed E-state index contributed by atoms with van der Waals surface area (Å²) in [6.07, 6.45) is 0.925. The highest BCUT2D eigenvalue weighted by atomic mass is 32.2. The molecule has 0 fully saturated rings. The fourth-order valence-corrected chi connectivity index (χ4v) is 3.87. The summed E-state index contributed by atoms with van der Waals surface area (Å²) in [4.78, 5) is 14.6. The van der Waals surface area contributed by atoms with Gasteiger partial charge in [-0.25, -0.2) is 0 Å². The summed E-state index contributed by atoms with van der Waals surface area (Å²) in [7, 11) is 1.95. The lowest BCUT2D eigenvalue weighted by molar-refractivity contribution is -0.116. The van der Waals surface area contributed by atoms with Crippen LogP contribution in [0.4, 0.5) is 5.69 Å². The standard InChI is InChI=1S/C17H22N4OS/c1-11(2)16-18-19-17(20(16)4)23-10-15(22)21-12(3)9-13-7-5-6-8-14(13)21/h5-8,11-12H,9-10H2,1-4H3. The number of hydrogen-bond acceptors (Lipinski definition) is 4. The maximum atomic E-state index is 12.7. The molecule has 0 spiro atoms. The molecule has 23 heavy (non-hydrogen) atoms. The molecule has 2 heterocycles. The van der Waals surface area contributed by atoms with E-state index in [1.807, 2.05) is 34.7 Å². The van der Waals surface area contributed by atoms with E-state index in [1.54, 1.807) is 0 Å². The largest absolute Gasteiger partial charge is 0.309 e. The first-order valence-corrected chi connectivity index (χ1v) is 8.89. The first kappa shape index (κ1) is 16.1. The van der Waals surface area contributed by atoms with Gasteiger partial charge in [-0.2, -0.15) is 0 Å². The lowest BCUT2D eigenvalue weighted by Gasteiger charge is -2.22. The van der Waals surface area contributed by atoms with E-state index in [1.165, 1.54) is 17.3 Å². The van der Waals surface area contributed by atoms with E-state index < -0.39 is 0 Å². The zero-order valence-electron chi connectivity index (χ0n) is 14.0. The van der Waals surface area contributed by atoms with E-state index in [4.69, 9.17) is 0 Å². The summed E-state index contributed by atoms with van der Waals surface area (Å²) >= 11 is 1.46. The summed E-state index contributed by atoms with van der Waals surface area (Å²) in [5.41, 5.74) is 2.30. The molecule has 6 heteroatoms. The van der Waals surface area contributed by atoms with Crippen molar-refractivity contribution in [2.75, 3.05) is 10.7 Å². The van der Waals surface area contributed by atoms with Crippen molar-refractivity contribution in [2.24, 2.45) is 7.05 Å². The third kappa shape index (κ3) is 3.00. The zero-order valence-corrected chi connectivity index (χ0v) is 14.8. The average Bonchev–Trinajstić information content (AvgIpc) is 3.04. The number of amides is 1. The van der Waals surface area contributed by atoms with Gasteiger partial charge in [0.15, 0.2) is 5.16 Å². The minimum absolute atomic E-state index is 0.126. The SMILES string of the molecule is CC(C)c1nnc(SCC(=O)N2c3ccccc3CC2C)n1C. The molecule has 2 aromatic rings. The molecule has 1 atom stereocenters. The van der Waals surface area contributed by atoms with Crippen molar-refractivity contribution in [1.82, 2.24) is 14.8 Å². The van der Waals surface area contributed by atoms with E-state index >= 15 is 0 Å². The van der Waals surface area contributed by atoms with Gasteiger partial charge in [0.1, 0.15) is 5.82 Å². The number of para-hydroxylation sites is 1. The Morgan fingerprint density at radius 1 is 1.35 bits per heavy atom. The normalized spacial score (nSPS) is 16.9. The summed E-state index contributed by atoms with van der Waals surface area (Å²) in [5, 5.41) is 9.21. The molecular weight excluding hydrogens is 308 g/mol. The summed E-state index contributed by atoms with van der Waals surface area (Å²) in [6, 6.07) is 8.36. The van der Waals surface area contributed by atoms with E-state index in [-0.39, 0.29) is 11.9 Å². The van der Waals surface area contributed by atoms with Crippen molar-refractivity contribution in [3.8, 4) is 0 Å². The fourth-order valence-electron chi connectivity index (χ4n) is 3.10. The molecule has 0 saturated carbocycles. The quantitative estimate of drug-likeness (QED) is 0.809. The predicted molar refractivity (Wildman–Crippen MR) is 92.9 cm³/mol. The second-order valence-electron chi connectivity index (χ2n) is 6.29. The molecule has 0 radical (unpaired) electrons. The zero-order chi connectivity index (χ0) is 16.6. The molecule has 0 saturated heterocycles. The van der Waals surface area contributed by atoms with Gasteiger partial charge in [-0.05, 0) is 25.0 Å². The van der Waals surface area contributed by atoms with Crippen molar-refractivity contribution in [3.05, 3.63) is 35.7 Å². The van der Waals surface area contributed by atoms with Crippen LogP contribution in [0.3, 0.4) is 0 Å². The molecule has 5 nitrogen and oxygen atoms in total. The summed E-state index contributed by atoms with van der Waals surface area (Å²) in [6.45, 7) is 6.28. The number of rotatable bonds is 4. The van der Waals surface area contributed by atoms with Gasteiger partial charge in [0.05, 0.1) is 5.75 Å². The van der Waals surface area contributed by atoms with Crippen molar-refractivity contribution in [2.45, 2.75) is 44.3 Å². The molecular formula is C17H22N4OS. The Morgan fingerprint density at radius 3 is 2.78 bits per heavy atom. The smallest absolute Gasteiger partial charge is 0.237 e. The van der Waals surface area contributed by atoms with Crippen molar-refractivity contribution < 1.29 is 4.79 Å². The van der Waals surface area contributed by atoms with Gasteiger partial charge in [-0.1, -0.05) is 43.8 Å². The molecule has 3 rings (SSSR count). The van der Waals surface area contributed by atoms with Gasteiger partial charge in [0, 0.05) is 24.7 Å². The van der Waals surface area contributed by atoms with Crippen LogP contribution >= 0.6 is 11.8 Å². The molecule has 0 bridgehead atoms. The van der Waals surface area contributed by atoms with E-state index in [2.05, 4.69) is 37.0 Å². The average molecular weight is 330 g/mol. The lowest BCUT2D eigenvalue weighted by atomic mass is 10.1. The second-order valence-corrected chi connectivity index (χ2v) is 7.23. The highest BCUT2D eigenvalue weighted by Crippen LogP contribution is 2.32. The third-order valence-electron chi connectivity index (χ3n) is 4.19. The molecule has 1 aliphatic heterocycles. The number of carbonyl (C=O) groups excluding carboxylic acids is 1. The molecule has 0 N–H and O–H groups in total. The minimum atomic E-state index is 0.126. The molecule has 1 aromatic heterocycles. The van der Waals surface area contributed by atoms with E-state index in [9.17, 15) is 4.79 Å². The number of anilines is 1. The van der Waals surface area contributed by atoms with Crippen LogP contribution in [0.5, 0.6) is 0 Å². The Hall–Kier alpha value is -1.82. The Kier molecular flexibility index (Phi) is 4.43. The van der Waals surface area contributed by atoms with Crippen LogP contribution in [0.15, 0.2) is 29.4 Å². The van der Waals surface area contributed by atoms with Crippen molar-refractivity contribution in [3.63, 3.8) is 0 Å². The van der Waals surface area contributed by atoms with Crippen LogP contribution in [0, 0.1) is 0 Å². The Bertz CT molecular complexity index is 725. The monoisotopic (exact) mass is 330 g/mol. The number of hydrogen-bond donors (Lipinski definition) is 0. The highest BCUT2D eigenvalue weighted by Gasteiger charge is 2.30. The summed E-state index contributed by atoms with van der Waals surface area (Å²) in [5.74, 6) is 1.77. The number of nitrogens with zero attached hydrogens (tertiary/aromatic N) is 4. The summed E-state index contributed by atoms with van der Waals surface area (Å²) < 4.78 is 1.98.